The van der Waals surface area contributed by atoms with Crippen molar-refractivity contribution in [3.8, 4) is 0 Å². The third-order valence-electron chi connectivity index (χ3n) is 4.09. The Morgan fingerprint density at radius 2 is 2.22 bits per heavy atom. The number of carbonyl (C=O) groups excluding carboxylic acids is 1. The van der Waals surface area contributed by atoms with Crippen molar-refractivity contribution in [1.82, 2.24) is 20.4 Å². The van der Waals surface area contributed by atoms with Crippen molar-refractivity contribution in [2.24, 2.45) is 5.92 Å². The molecule has 1 aliphatic carbocycles. The number of alkyl carbamates (subject to hydrolysis) is 1. The van der Waals surface area contributed by atoms with E-state index >= 15 is 0 Å². The Kier molecular flexibility index (Phi) is 6.04. The monoisotopic (exact) mass is 322 g/mol. The summed E-state index contributed by atoms with van der Waals surface area (Å²) in [6.45, 7) is 9.34. The van der Waals surface area contributed by atoms with Gasteiger partial charge >= 0.3 is 6.09 Å². The van der Waals surface area contributed by atoms with Gasteiger partial charge in [0.1, 0.15) is 5.60 Å². The molecule has 2 rings (SSSR count). The summed E-state index contributed by atoms with van der Waals surface area (Å²) in [4.78, 5) is 11.8. The lowest BCUT2D eigenvalue weighted by Gasteiger charge is -2.26. The number of nitrogens with zero attached hydrogens (tertiary/aromatic N) is 2. The van der Waals surface area contributed by atoms with Crippen LogP contribution in [0.5, 0.6) is 0 Å². The SMILES string of the molecule is CC(Cn1cccn1)NC1CCCC1CNC(=O)OC(C)(C)C. The normalized spacial score (nSPS) is 22.8. The number of hydrogen-bond donors (Lipinski definition) is 2. The van der Waals surface area contributed by atoms with Crippen molar-refractivity contribution in [2.75, 3.05) is 6.54 Å². The molecular formula is C17H30N4O2. The van der Waals surface area contributed by atoms with Crippen LogP contribution in [0.25, 0.3) is 0 Å². The number of nitrogens with one attached hydrogen (secondary N) is 2. The van der Waals surface area contributed by atoms with Gasteiger partial charge in [0.05, 0.1) is 6.54 Å². The lowest BCUT2D eigenvalue weighted by atomic mass is 10.0. The molecule has 1 amide bonds. The summed E-state index contributed by atoms with van der Waals surface area (Å²) >= 11 is 0. The zero-order valence-electron chi connectivity index (χ0n) is 14.7. The van der Waals surface area contributed by atoms with E-state index in [-0.39, 0.29) is 6.09 Å². The van der Waals surface area contributed by atoms with E-state index in [1.807, 2.05) is 37.7 Å². The van der Waals surface area contributed by atoms with E-state index in [0.717, 1.165) is 19.4 Å². The van der Waals surface area contributed by atoms with E-state index in [1.54, 1.807) is 6.20 Å². The maximum atomic E-state index is 11.8. The Morgan fingerprint density at radius 1 is 1.43 bits per heavy atom. The van der Waals surface area contributed by atoms with E-state index in [1.165, 1.54) is 6.42 Å². The second-order valence-electron chi connectivity index (χ2n) is 7.48. The Labute approximate surface area is 139 Å². The van der Waals surface area contributed by atoms with Gasteiger partial charge in [-0.15, -0.1) is 0 Å². The minimum atomic E-state index is -0.449. The van der Waals surface area contributed by atoms with Gasteiger partial charge in [0, 0.05) is 31.0 Å². The van der Waals surface area contributed by atoms with Crippen LogP contribution in [0, 0.1) is 5.92 Å². The molecule has 130 valence electrons. The Hall–Kier alpha value is -1.56. The van der Waals surface area contributed by atoms with Crippen LogP contribution in [0.4, 0.5) is 4.79 Å². The number of aromatic nitrogens is 2. The molecule has 2 N–H and O–H groups in total. The third kappa shape index (κ3) is 6.22. The fourth-order valence-electron chi connectivity index (χ4n) is 3.14. The first-order valence-electron chi connectivity index (χ1n) is 8.54. The van der Waals surface area contributed by atoms with Crippen molar-refractivity contribution in [3.05, 3.63) is 18.5 Å². The molecule has 6 nitrogen and oxygen atoms in total. The van der Waals surface area contributed by atoms with E-state index in [0.29, 0.717) is 24.5 Å². The third-order valence-corrected chi connectivity index (χ3v) is 4.09. The van der Waals surface area contributed by atoms with Gasteiger partial charge < -0.3 is 15.4 Å². The minimum Gasteiger partial charge on any atom is -0.444 e. The first-order chi connectivity index (χ1) is 10.8. The quantitative estimate of drug-likeness (QED) is 0.844. The largest absolute Gasteiger partial charge is 0.444 e. The molecule has 0 bridgehead atoms. The summed E-state index contributed by atoms with van der Waals surface area (Å²) in [5, 5.41) is 10.8. The average Bonchev–Trinajstić information content (AvgIpc) is 3.06. The molecule has 1 heterocycles. The highest BCUT2D eigenvalue weighted by molar-refractivity contribution is 5.67. The van der Waals surface area contributed by atoms with Crippen LogP contribution in [0.2, 0.25) is 0 Å². The standard InChI is InChI=1S/C17H30N4O2/c1-13(12-21-10-6-9-19-21)20-15-8-5-7-14(15)11-18-16(22)23-17(2,3)4/h6,9-10,13-15,20H,5,7-8,11-12H2,1-4H3,(H,18,22). The average molecular weight is 322 g/mol. The highest BCUT2D eigenvalue weighted by atomic mass is 16.6. The van der Waals surface area contributed by atoms with E-state index in [4.69, 9.17) is 4.74 Å². The Balaban J connectivity index is 1.75. The summed E-state index contributed by atoms with van der Waals surface area (Å²) < 4.78 is 7.25. The van der Waals surface area contributed by atoms with Crippen molar-refractivity contribution in [2.45, 2.75) is 71.2 Å². The maximum absolute atomic E-state index is 11.8. The van der Waals surface area contributed by atoms with Crippen LogP contribution in [-0.2, 0) is 11.3 Å². The molecule has 0 saturated heterocycles. The highest BCUT2D eigenvalue weighted by Crippen LogP contribution is 2.25. The first kappa shape index (κ1) is 17.8. The van der Waals surface area contributed by atoms with Crippen LogP contribution in [-0.4, -0.2) is 40.1 Å². The van der Waals surface area contributed by atoms with Gasteiger partial charge in [-0.1, -0.05) is 6.42 Å². The fraction of sp³-hybridized carbons (Fsp3) is 0.765. The van der Waals surface area contributed by atoms with E-state index < -0.39 is 5.60 Å². The number of hydrogen-bond acceptors (Lipinski definition) is 4. The molecule has 1 aliphatic rings. The molecule has 0 aliphatic heterocycles. The second kappa shape index (κ2) is 7.81. The molecule has 3 atom stereocenters. The highest BCUT2D eigenvalue weighted by Gasteiger charge is 2.29. The first-order valence-corrected chi connectivity index (χ1v) is 8.54. The molecule has 0 spiro atoms. The predicted molar refractivity (Wildman–Crippen MR) is 90.2 cm³/mol. The summed E-state index contributed by atoms with van der Waals surface area (Å²) in [5.74, 6) is 0.461. The molecule has 1 saturated carbocycles. The van der Waals surface area contributed by atoms with E-state index in [2.05, 4.69) is 22.7 Å². The molecule has 0 aromatic carbocycles. The van der Waals surface area contributed by atoms with Crippen LogP contribution >= 0.6 is 0 Å². The number of amides is 1. The van der Waals surface area contributed by atoms with Crippen LogP contribution in [0.15, 0.2) is 18.5 Å². The van der Waals surface area contributed by atoms with Gasteiger partial charge in [0.25, 0.3) is 0 Å². The Morgan fingerprint density at radius 3 is 2.87 bits per heavy atom. The van der Waals surface area contributed by atoms with Gasteiger partial charge in [0.2, 0.25) is 0 Å². The number of rotatable bonds is 6. The molecular weight excluding hydrogens is 292 g/mol. The zero-order chi connectivity index (χ0) is 16.9. The number of ether oxygens (including phenoxy) is 1. The summed E-state index contributed by atoms with van der Waals surface area (Å²) in [5.41, 5.74) is -0.449. The van der Waals surface area contributed by atoms with Crippen LogP contribution in [0.1, 0.15) is 47.0 Å². The lowest BCUT2D eigenvalue weighted by molar-refractivity contribution is 0.0517. The van der Waals surface area contributed by atoms with Crippen molar-refractivity contribution < 1.29 is 9.53 Å². The lowest BCUT2D eigenvalue weighted by Crippen LogP contribution is -2.45. The molecule has 1 aromatic heterocycles. The molecule has 3 unspecified atom stereocenters. The van der Waals surface area contributed by atoms with Gasteiger partial charge in [-0.2, -0.15) is 5.10 Å². The zero-order valence-corrected chi connectivity index (χ0v) is 14.7. The molecule has 1 aromatic rings. The summed E-state index contributed by atoms with van der Waals surface area (Å²) in [7, 11) is 0. The fourth-order valence-corrected chi connectivity index (χ4v) is 3.14. The van der Waals surface area contributed by atoms with Crippen molar-refractivity contribution in [1.29, 1.82) is 0 Å². The van der Waals surface area contributed by atoms with Gasteiger partial charge in [0.15, 0.2) is 0 Å². The minimum absolute atomic E-state index is 0.326. The van der Waals surface area contributed by atoms with Gasteiger partial charge in [-0.25, -0.2) is 4.79 Å². The second-order valence-corrected chi connectivity index (χ2v) is 7.48. The van der Waals surface area contributed by atoms with Crippen LogP contribution < -0.4 is 10.6 Å². The molecule has 1 fully saturated rings. The van der Waals surface area contributed by atoms with Crippen molar-refractivity contribution >= 4 is 6.09 Å². The molecule has 23 heavy (non-hydrogen) atoms. The summed E-state index contributed by atoms with van der Waals surface area (Å²) in [6, 6.07) is 2.73. The van der Waals surface area contributed by atoms with Gasteiger partial charge in [-0.05, 0) is 52.5 Å². The smallest absolute Gasteiger partial charge is 0.407 e. The van der Waals surface area contributed by atoms with Crippen molar-refractivity contribution in [3.63, 3.8) is 0 Å². The summed E-state index contributed by atoms with van der Waals surface area (Å²) in [6.07, 6.45) is 6.95. The van der Waals surface area contributed by atoms with Crippen LogP contribution in [0.3, 0.4) is 0 Å². The Bertz CT molecular complexity index is 481. The van der Waals surface area contributed by atoms with Gasteiger partial charge in [-0.3, -0.25) is 4.68 Å². The maximum Gasteiger partial charge on any atom is 0.407 e. The number of carbonyl (C=O) groups is 1. The molecule has 0 radical (unpaired) electrons. The predicted octanol–water partition coefficient (Wildman–Crippen LogP) is 2.55. The topological polar surface area (TPSA) is 68.2 Å². The molecule has 6 heteroatoms. The van der Waals surface area contributed by atoms with E-state index in [9.17, 15) is 4.79 Å².